The minimum absolute atomic E-state index is 0.0908. The number of aromatic nitrogens is 2. The minimum Gasteiger partial charge on any atom is -0.481 e. The van der Waals surface area contributed by atoms with Gasteiger partial charge in [0.25, 0.3) is 0 Å². The number of ether oxygens (including phenoxy) is 1. The van der Waals surface area contributed by atoms with Crippen LogP contribution in [-0.4, -0.2) is 16.9 Å². The first kappa shape index (κ1) is 14.1. The normalized spacial score (nSPS) is 17.0. The molecule has 1 aliphatic carbocycles. The van der Waals surface area contributed by atoms with E-state index in [2.05, 4.69) is 10.4 Å². The van der Waals surface area contributed by atoms with E-state index in [-0.39, 0.29) is 11.9 Å². The molecule has 1 N–H and O–H groups in total. The standard InChI is InChI=1S/C16H20FN3O/c1-10-13(16(21-3)20(2)19-10)9-18-15-8-7-11-12(15)5-4-6-14(11)17/h4-6,15,18H,7-9H2,1-3H3/t15-/m1/s1. The highest BCUT2D eigenvalue weighted by molar-refractivity contribution is 5.36. The number of aryl methyl sites for hydroxylation is 2. The Bertz CT molecular complexity index is 666. The zero-order valence-corrected chi connectivity index (χ0v) is 12.6. The Labute approximate surface area is 123 Å². The molecule has 2 aromatic rings. The van der Waals surface area contributed by atoms with Gasteiger partial charge in [-0.25, -0.2) is 9.07 Å². The van der Waals surface area contributed by atoms with E-state index in [1.165, 1.54) is 6.07 Å². The van der Waals surface area contributed by atoms with Crippen LogP contribution in [0.15, 0.2) is 18.2 Å². The molecule has 112 valence electrons. The minimum atomic E-state index is -0.0908. The lowest BCUT2D eigenvalue weighted by Crippen LogP contribution is -2.19. The van der Waals surface area contributed by atoms with Crippen molar-refractivity contribution >= 4 is 0 Å². The first-order valence-corrected chi connectivity index (χ1v) is 7.19. The average Bonchev–Trinajstić information content (AvgIpc) is 2.98. The van der Waals surface area contributed by atoms with Crippen molar-refractivity contribution in [2.75, 3.05) is 7.11 Å². The van der Waals surface area contributed by atoms with E-state index < -0.39 is 0 Å². The summed E-state index contributed by atoms with van der Waals surface area (Å²) in [5, 5.41) is 7.89. The largest absolute Gasteiger partial charge is 0.481 e. The summed E-state index contributed by atoms with van der Waals surface area (Å²) in [4.78, 5) is 0. The van der Waals surface area contributed by atoms with Gasteiger partial charge in [-0.2, -0.15) is 5.10 Å². The van der Waals surface area contributed by atoms with E-state index in [1.54, 1.807) is 17.9 Å². The van der Waals surface area contributed by atoms with Crippen molar-refractivity contribution in [3.05, 3.63) is 46.4 Å². The second kappa shape index (κ2) is 5.48. The van der Waals surface area contributed by atoms with E-state index in [4.69, 9.17) is 4.74 Å². The maximum absolute atomic E-state index is 13.8. The molecule has 5 heteroatoms. The molecular weight excluding hydrogens is 269 g/mol. The maximum atomic E-state index is 13.8. The van der Waals surface area contributed by atoms with Crippen molar-refractivity contribution < 1.29 is 9.13 Å². The smallest absolute Gasteiger partial charge is 0.216 e. The zero-order valence-electron chi connectivity index (χ0n) is 12.6. The highest BCUT2D eigenvalue weighted by Crippen LogP contribution is 2.33. The number of rotatable bonds is 4. The molecule has 1 aromatic carbocycles. The van der Waals surface area contributed by atoms with Gasteiger partial charge in [-0.15, -0.1) is 0 Å². The third-order valence-electron chi connectivity index (χ3n) is 4.22. The molecule has 0 saturated heterocycles. The number of hydrogen-bond acceptors (Lipinski definition) is 3. The number of hydrogen-bond donors (Lipinski definition) is 1. The Hall–Kier alpha value is -1.88. The van der Waals surface area contributed by atoms with Crippen LogP contribution in [0.3, 0.4) is 0 Å². The second-order valence-corrected chi connectivity index (χ2v) is 5.48. The number of nitrogens with one attached hydrogen (secondary N) is 1. The van der Waals surface area contributed by atoms with E-state index in [0.717, 1.165) is 41.1 Å². The summed E-state index contributed by atoms with van der Waals surface area (Å²) >= 11 is 0. The van der Waals surface area contributed by atoms with Gasteiger partial charge in [0.05, 0.1) is 18.4 Å². The molecule has 0 amide bonds. The first-order chi connectivity index (χ1) is 10.1. The fourth-order valence-electron chi connectivity index (χ4n) is 3.19. The maximum Gasteiger partial charge on any atom is 0.216 e. The van der Waals surface area contributed by atoms with Gasteiger partial charge in [-0.1, -0.05) is 12.1 Å². The van der Waals surface area contributed by atoms with Gasteiger partial charge in [0.1, 0.15) is 5.82 Å². The fraction of sp³-hybridized carbons (Fsp3) is 0.438. The van der Waals surface area contributed by atoms with Gasteiger partial charge in [0, 0.05) is 19.6 Å². The summed E-state index contributed by atoms with van der Waals surface area (Å²) in [5.41, 5.74) is 3.95. The van der Waals surface area contributed by atoms with Crippen molar-refractivity contribution in [3.63, 3.8) is 0 Å². The Morgan fingerprint density at radius 3 is 3.05 bits per heavy atom. The van der Waals surface area contributed by atoms with E-state index >= 15 is 0 Å². The summed E-state index contributed by atoms with van der Waals surface area (Å²) in [6, 6.07) is 5.52. The van der Waals surface area contributed by atoms with Gasteiger partial charge >= 0.3 is 0 Å². The number of nitrogens with zero attached hydrogens (tertiary/aromatic N) is 2. The van der Waals surface area contributed by atoms with Crippen LogP contribution in [0, 0.1) is 12.7 Å². The van der Waals surface area contributed by atoms with Gasteiger partial charge in [-0.3, -0.25) is 0 Å². The molecule has 1 atom stereocenters. The van der Waals surface area contributed by atoms with Crippen molar-refractivity contribution in [3.8, 4) is 5.88 Å². The van der Waals surface area contributed by atoms with E-state index in [9.17, 15) is 4.39 Å². The molecule has 3 rings (SSSR count). The van der Waals surface area contributed by atoms with Crippen molar-refractivity contribution in [1.29, 1.82) is 0 Å². The lowest BCUT2D eigenvalue weighted by Gasteiger charge is -2.14. The van der Waals surface area contributed by atoms with Crippen LogP contribution in [-0.2, 0) is 20.0 Å². The predicted octanol–water partition coefficient (Wildman–Crippen LogP) is 2.65. The van der Waals surface area contributed by atoms with Crippen molar-refractivity contribution in [2.24, 2.45) is 7.05 Å². The van der Waals surface area contributed by atoms with Crippen LogP contribution in [0.4, 0.5) is 4.39 Å². The zero-order chi connectivity index (χ0) is 15.0. The molecule has 1 aliphatic rings. The van der Waals surface area contributed by atoms with Crippen LogP contribution in [0.25, 0.3) is 0 Å². The molecule has 0 radical (unpaired) electrons. The third kappa shape index (κ3) is 2.42. The fourth-order valence-corrected chi connectivity index (χ4v) is 3.19. The predicted molar refractivity (Wildman–Crippen MR) is 78.8 cm³/mol. The highest BCUT2D eigenvalue weighted by atomic mass is 19.1. The van der Waals surface area contributed by atoms with Crippen molar-refractivity contribution in [1.82, 2.24) is 15.1 Å². The monoisotopic (exact) mass is 289 g/mol. The average molecular weight is 289 g/mol. The summed E-state index contributed by atoms with van der Waals surface area (Å²) < 4.78 is 20.9. The molecule has 1 heterocycles. The van der Waals surface area contributed by atoms with Gasteiger partial charge in [0.2, 0.25) is 5.88 Å². The van der Waals surface area contributed by atoms with E-state index in [1.807, 2.05) is 20.0 Å². The topological polar surface area (TPSA) is 39.1 Å². The number of halogens is 1. The molecule has 1 aromatic heterocycles. The molecule has 0 aliphatic heterocycles. The number of fused-ring (bicyclic) bond motifs is 1. The van der Waals surface area contributed by atoms with E-state index in [0.29, 0.717) is 6.54 Å². The molecule has 21 heavy (non-hydrogen) atoms. The Morgan fingerprint density at radius 1 is 1.48 bits per heavy atom. The number of methoxy groups -OCH3 is 1. The summed E-state index contributed by atoms with van der Waals surface area (Å²) in [6.45, 7) is 2.64. The van der Waals surface area contributed by atoms with Gasteiger partial charge in [-0.05, 0) is 37.0 Å². The SMILES string of the molecule is COc1c(CN[C@@H]2CCc3c(F)cccc32)c(C)nn1C. The summed E-state index contributed by atoms with van der Waals surface area (Å²) in [5.74, 6) is 0.685. The van der Waals surface area contributed by atoms with Gasteiger partial charge in [0.15, 0.2) is 0 Å². The molecular formula is C16H20FN3O. The van der Waals surface area contributed by atoms with Gasteiger partial charge < -0.3 is 10.1 Å². The lowest BCUT2D eigenvalue weighted by molar-refractivity contribution is 0.366. The molecule has 0 spiro atoms. The highest BCUT2D eigenvalue weighted by Gasteiger charge is 2.25. The Balaban J connectivity index is 1.78. The first-order valence-electron chi connectivity index (χ1n) is 7.19. The van der Waals surface area contributed by atoms with Crippen LogP contribution in [0.1, 0.15) is 34.8 Å². The Kier molecular flexibility index (Phi) is 3.68. The molecule has 0 unspecified atom stereocenters. The number of benzene rings is 1. The Morgan fingerprint density at radius 2 is 2.29 bits per heavy atom. The van der Waals surface area contributed by atoms with Crippen LogP contribution in [0.2, 0.25) is 0 Å². The second-order valence-electron chi connectivity index (χ2n) is 5.48. The molecule has 0 bridgehead atoms. The van der Waals surface area contributed by atoms with Crippen LogP contribution in [0.5, 0.6) is 5.88 Å². The van der Waals surface area contributed by atoms with Crippen molar-refractivity contribution in [2.45, 2.75) is 32.4 Å². The van der Waals surface area contributed by atoms with Crippen LogP contribution >= 0.6 is 0 Å². The third-order valence-corrected chi connectivity index (χ3v) is 4.22. The molecule has 4 nitrogen and oxygen atoms in total. The summed E-state index contributed by atoms with van der Waals surface area (Å²) in [7, 11) is 3.52. The molecule has 0 saturated carbocycles. The van der Waals surface area contributed by atoms with Crippen LogP contribution < -0.4 is 10.1 Å². The summed E-state index contributed by atoms with van der Waals surface area (Å²) in [6.07, 6.45) is 1.72. The lowest BCUT2D eigenvalue weighted by atomic mass is 10.1. The quantitative estimate of drug-likeness (QED) is 0.940. The molecule has 0 fully saturated rings.